The molecule has 2 heterocycles. The molecule has 0 radical (unpaired) electrons. The Hall–Kier alpha value is -0.230. The number of nitrogens with zero attached hydrogens (tertiary/aromatic N) is 2. The molecular weight excluding hydrogens is 238 g/mol. The fraction of sp³-hybridized carbons (Fsp3) is 0.375. The molecule has 0 saturated heterocycles. The van der Waals surface area contributed by atoms with Crippen LogP contribution >= 0.6 is 34.7 Å². The fourth-order valence-corrected chi connectivity index (χ4v) is 3.07. The van der Waals surface area contributed by atoms with Crippen LogP contribution in [0.25, 0.3) is 4.96 Å². The Morgan fingerprint density at radius 1 is 1.64 bits per heavy atom. The van der Waals surface area contributed by atoms with Gasteiger partial charge in [0.2, 0.25) is 0 Å². The lowest BCUT2D eigenvalue weighted by molar-refractivity contribution is 1.11. The van der Waals surface area contributed by atoms with Crippen LogP contribution in [0.3, 0.4) is 0 Å². The van der Waals surface area contributed by atoms with Crippen LogP contribution in [0.2, 0.25) is 5.15 Å². The Morgan fingerprint density at radius 2 is 2.50 bits per heavy atom. The van der Waals surface area contributed by atoms with Gasteiger partial charge in [0, 0.05) is 29.6 Å². The quantitative estimate of drug-likeness (QED) is 0.843. The minimum Gasteiger partial charge on any atom is -0.330 e. The second-order valence-corrected chi connectivity index (χ2v) is 5.08. The van der Waals surface area contributed by atoms with Crippen molar-refractivity contribution in [3.05, 3.63) is 22.4 Å². The number of thiazole rings is 1. The standard InChI is InChI=1S/C8H10ClN3S2/c9-7-6(5-13-3-1-10)12-2-4-14-8(12)11-7/h2,4H,1,3,5,10H2. The predicted molar refractivity (Wildman–Crippen MR) is 63.3 cm³/mol. The zero-order valence-electron chi connectivity index (χ0n) is 7.44. The number of rotatable bonds is 4. The highest BCUT2D eigenvalue weighted by Gasteiger charge is 2.10. The molecule has 0 unspecified atom stereocenters. The Bertz CT molecular complexity index is 423. The van der Waals surface area contributed by atoms with E-state index >= 15 is 0 Å². The first kappa shape index (κ1) is 10.3. The first-order valence-electron chi connectivity index (χ1n) is 4.20. The smallest absolute Gasteiger partial charge is 0.195 e. The molecule has 0 spiro atoms. The summed E-state index contributed by atoms with van der Waals surface area (Å²) in [4.78, 5) is 5.21. The van der Waals surface area contributed by atoms with Crippen LogP contribution in [-0.4, -0.2) is 21.7 Å². The SMILES string of the molecule is NCCSCc1c(Cl)nc2sccn12. The highest BCUT2D eigenvalue weighted by molar-refractivity contribution is 7.98. The van der Waals surface area contributed by atoms with Crippen LogP contribution < -0.4 is 5.73 Å². The molecule has 2 N–H and O–H groups in total. The van der Waals surface area contributed by atoms with Gasteiger partial charge in [-0.25, -0.2) is 4.98 Å². The molecule has 2 aromatic heterocycles. The van der Waals surface area contributed by atoms with Gasteiger partial charge in [-0.3, -0.25) is 4.40 Å². The molecule has 0 atom stereocenters. The van der Waals surface area contributed by atoms with Gasteiger partial charge in [0.1, 0.15) is 0 Å². The lowest BCUT2D eigenvalue weighted by atomic mass is 10.5. The Labute approximate surface area is 95.3 Å². The molecule has 0 bridgehead atoms. The minimum absolute atomic E-state index is 0.612. The van der Waals surface area contributed by atoms with Crippen molar-refractivity contribution in [3.8, 4) is 0 Å². The lowest BCUT2D eigenvalue weighted by Gasteiger charge is -1.98. The van der Waals surface area contributed by atoms with Crippen molar-refractivity contribution < 1.29 is 0 Å². The summed E-state index contributed by atoms with van der Waals surface area (Å²) in [5.74, 6) is 1.82. The van der Waals surface area contributed by atoms with Gasteiger partial charge in [-0.15, -0.1) is 11.3 Å². The molecule has 3 nitrogen and oxygen atoms in total. The van der Waals surface area contributed by atoms with Crippen LogP contribution in [0.1, 0.15) is 5.69 Å². The van der Waals surface area contributed by atoms with Gasteiger partial charge in [-0.05, 0) is 0 Å². The monoisotopic (exact) mass is 247 g/mol. The Morgan fingerprint density at radius 3 is 3.29 bits per heavy atom. The van der Waals surface area contributed by atoms with Crippen LogP contribution in [0.5, 0.6) is 0 Å². The molecule has 0 aliphatic heterocycles. The van der Waals surface area contributed by atoms with E-state index in [1.54, 1.807) is 23.1 Å². The van der Waals surface area contributed by atoms with E-state index in [0.29, 0.717) is 11.7 Å². The van der Waals surface area contributed by atoms with Crippen molar-refractivity contribution in [1.29, 1.82) is 0 Å². The third-order valence-electron chi connectivity index (χ3n) is 1.81. The summed E-state index contributed by atoms with van der Waals surface area (Å²) in [6.07, 6.45) is 2.00. The number of hydrogen-bond acceptors (Lipinski definition) is 4. The summed E-state index contributed by atoms with van der Waals surface area (Å²) in [6, 6.07) is 0. The molecule has 0 aliphatic carbocycles. The van der Waals surface area contributed by atoms with Gasteiger partial charge in [-0.1, -0.05) is 11.6 Å². The van der Waals surface area contributed by atoms with E-state index < -0.39 is 0 Å². The first-order chi connectivity index (χ1) is 6.83. The second-order valence-electron chi connectivity index (χ2n) is 2.75. The number of fused-ring (bicyclic) bond motifs is 1. The molecule has 0 saturated carbocycles. The highest BCUT2D eigenvalue weighted by Crippen LogP contribution is 2.24. The molecule has 6 heteroatoms. The maximum Gasteiger partial charge on any atom is 0.195 e. The van der Waals surface area contributed by atoms with Crippen molar-refractivity contribution in [2.75, 3.05) is 12.3 Å². The summed E-state index contributed by atoms with van der Waals surface area (Å²) in [6.45, 7) is 0.702. The number of imidazole rings is 1. The van der Waals surface area contributed by atoms with E-state index in [2.05, 4.69) is 4.98 Å². The Kier molecular flexibility index (Phi) is 3.33. The van der Waals surface area contributed by atoms with Crippen molar-refractivity contribution in [1.82, 2.24) is 9.38 Å². The summed E-state index contributed by atoms with van der Waals surface area (Å²) < 4.78 is 2.04. The second kappa shape index (κ2) is 4.53. The third-order valence-corrected chi connectivity index (χ3v) is 3.87. The zero-order valence-corrected chi connectivity index (χ0v) is 9.83. The fourth-order valence-electron chi connectivity index (χ4n) is 1.19. The predicted octanol–water partition coefficient (Wildman–Crippen LogP) is 2.24. The average Bonchev–Trinajstić information content (AvgIpc) is 2.69. The molecule has 0 fully saturated rings. The highest BCUT2D eigenvalue weighted by atomic mass is 35.5. The summed E-state index contributed by atoms with van der Waals surface area (Å²) in [7, 11) is 0. The number of halogens is 1. The van der Waals surface area contributed by atoms with Gasteiger partial charge in [0.25, 0.3) is 0 Å². The largest absolute Gasteiger partial charge is 0.330 e. The van der Waals surface area contributed by atoms with E-state index in [1.807, 2.05) is 16.0 Å². The van der Waals surface area contributed by atoms with Crippen molar-refractivity contribution in [2.24, 2.45) is 5.73 Å². The van der Waals surface area contributed by atoms with Crippen LogP contribution in [0.15, 0.2) is 11.6 Å². The topological polar surface area (TPSA) is 43.3 Å². The third kappa shape index (κ3) is 1.91. The number of nitrogens with two attached hydrogens (primary N) is 1. The van der Waals surface area contributed by atoms with E-state index in [1.165, 1.54) is 0 Å². The van der Waals surface area contributed by atoms with E-state index in [-0.39, 0.29) is 0 Å². The zero-order chi connectivity index (χ0) is 9.97. The van der Waals surface area contributed by atoms with Crippen molar-refractivity contribution >= 4 is 39.7 Å². The lowest BCUT2D eigenvalue weighted by Crippen LogP contribution is -2.01. The van der Waals surface area contributed by atoms with Crippen LogP contribution in [-0.2, 0) is 5.75 Å². The van der Waals surface area contributed by atoms with E-state index in [0.717, 1.165) is 22.2 Å². The van der Waals surface area contributed by atoms with Gasteiger partial charge in [-0.2, -0.15) is 11.8 Å². The summed E-state index contributed by atoms with van der Waals surface area (Å²) in [5, 5.41) is 2.62. The number of thioether (sulfide) groups is 1. The molecule has 14 heavy (non-hydrogen) atoms. The molecule has 0 aliphatic rings. The van der Waals surface area contributed by atoms with Crippen molar-refractivity contribution in [2.45, 2.75) is 5.75 Å². The van der Waals surface area contributed by atoms with Gasteiger partial charge < -0.3 is 5.73 Å². The molecular formula is C8H10ClN3S2. The van der Waals surface area contributed by atoms with Crippen molar-refractivity contribution in [3.63, 3.8) is 0 Å². The summed E-state index contributed by atoms with van der Waals surface area (Å²) >= 11 is 9.39. The number of hydrogen-bond donors (Lipinski definition) is 1. The molecule has 0 aromatic carbocycles. The van der Waals surface area contributed by atoms with Gasteiger partial charge in [0.05, 0.1) is 5.69 Å². The Balaban J connectivity index is 2.21. The number of aromatic nitrogens is 2. The molecule has 76 valence electrons. The van der Waals surface area contributed by atoms with Gasteiger partial charge in [0.15, 0.2) is 10.1 Å². The van der Waals surface area contributed by atoms with E-state index in [9.17, 15) is 0 Å². The summed E-state index contributed by atoms with van der Waals surface area (Å²) in [5.41, 5.74) is 6.50. The molecule has 2 rings (SSSR count). The maximum atomic E-state index is 6.02. The normalized spacial score (nSPS) is 11.3. The van der Waals surface area contributed by atoms with Gasteiger partial charge >= 0.3 is 0 Å². The average molecular weight is 248 g/mol. The van der Waals surface area contributed by atoms with E-state index in [4.69, 9.17) is 17.3 Å². The minimum atomic E-state index is 0.612. The maximum absolute atomic E-state index is 6.02. The molecule has 0 amide bonds. The first-order valence-corrected chi connectivity index (χ1v) is 6.62. The van der Waals surface area contributed by atoms with Crippen LogP contribution in [0.4, 0.5) is 0 Å². The van der Waals surface area contributed by atoms with Crippen LogP contribution in [0, 0.1) is 0 Å². The molecule has 2 aromatic rings.